The molecule has 0 spiro atoms. The van der Waals surface area contributed by atoms with Crippen LogP contribution >= 0.6 is 11.8 Å². The largest absolute Gasteiger partial charge is 0.478 e. The molecule has 2 aromatic carbocycles. The van der Waals surface area contributed by atoms with Gasteiger partial charge in [-0.3, -0.25) is 4.79 Å². The van der Waals surface area contributed by atoms with E-state index in [2.05, 4.69) is 5.32 Å². The van der Waals surface area contributed by atoms with Crippen molar-refractivity contribution in [3.05, 3.63) is 71.3 Å². The second kappa shape index (κ2) is 10.8. The summed E-state index contributed by atoms with van der Waals surface area (Å²) in [7, 11) is 0. The first kappa shape index (κ1) is 22.7. The van der Waals surface area contributed by atoms with E-state index in [0.29, 0.717) is 18.0 Å². The van der Waals surface area contributed by atoms with Crippen LogP contribution in [0.3, 0.4) is 0 Å². The van der Waals surface area contributed by atoms with Crippen molar-refractivity contribution in [1.82, 2.24) is 0 Å². The predicted molar refractivity (Wildman–Crippen MR) is 111 cm³/mol. The van der Waals surface area contributed by atoms with E-state index in [0.717, 1.165) is 11.0 Å². The molecule has 0 aliphatic heterocycles. The lowest BCUT2D eigenvalue weighted by atomic mass is 10.0. The summed E-state index contributed by atoms with van der Waals surface area (Å²) < 4.78 is 4.78. The van der Waals surface area contributed by atoms with Crippen LogP contribution in [0.4, 0.5) is 5.69 Å². The number of carbonyl (C=O) groups is 4. The number of hydrogen-bond donors (Lipinski definition) is 3. The van der Waals surface area contributed by atoms with E-state index < -0.39 is 29.4 Å². The monoisotopic (exact) mass is 429 g/mol. The summed E-state index contributed by atoms with van der Waals surface area (Å²) in [6.45, 7) is 2.05. The van der Waals surface area contributed by atoms with Crippen LogP contribution in [0.5, 0.6) is 0 Å². The Morgan fingerprint density at radius 2 is 1.70 bits per heavy atom. The first-order chi connectivity index (χ1) is 14.3. The summed E-state index contributed by atoms with van der Waals surface area (Å²) >= 11 is 1.47. The zero-order valence-electron chi connectivity index (χ0n) is 16.0. The second-order valence-electron chi connectivity index (χ2n) is 5.81. The average Bonchev–Trinajstić information content (AvgIpc) is 2.72. The van der Waals surface area contributed by atoms with Crippen molar-refractivity contribution in [3.63, 3.8) is 0 Å². The van der Waals surface area contributed by atoms with Gasteiger partial charge in [0.15, 0.2) is 0 Å². The lowest BCUT2D eigenvalue weighted by Crippen LogP contribution is -2.17. The topological polar surface area (TPSA) is 130 Å². The molecule has 0 aromatic heterocycles. The number of nitrogens with one attached hydrogen (secondary N) is 1. The van der Waals surface area contributed by atoms with E-state index in [1.807, 2.05) is 0 Å². The summed E-state index contributed by atoms with van der Waals surface area (Å²) in [5, 5.41) is 20.9. The van der Waals surface area contributed by atoms with Crippen LogP contribution in [0.1, 0.15) is 38.0 Å². The molecule has 0 saturated carbocycles. The number of rotatable bonds is 9. The molecule has 0 bridgehead atoms. The fraction of sp³-hybridized carbons (Fsp3) is 0.143. The lowest BCUT2D eigenvalue weighted by molar-refractivity contribution is -0.137. The molecule has 0 saturated heterocycles. The average molecular weight is 429 g/mol. The van der Waals surface area contributed by atoms with Gasteiger partial charge in [-0.15, -0.1) is 11.8 Å². The van der Waals surface area contributed by atoms with Crippen molar-refractivity contribution in [2.75, 3.05) is 17.7 Å². The highest BCUT2D eigenvalue weighted by molar-refractivity contribution is 7.99. The maximum Gasteiger partial charge on any atom is 0.336 e. The normalized spacial score (nSPS) is 10.6. The Balaban J connectivity index is 2.02. The minimum Gasteiger partial charge on any atom is -0.478 e. The number of benzene rings is 2. The molecule has 0 heterocycles. The molecule has 1 amide bonds. The third-order valence-corrected chi connectivity index (χ3v) is 4.71. The molecular weight excluding hydrogens is 410 g/mol. The Morgan fingerprint density at radius 1 is 1.00 bits per heavy atom. The van der Waals surface area contributed by atoms with E-state index in [1.54, 1.807) is 37.3 Å². The zero-order chi connectivity index (χ0) is 22.1. The van der Waals surface area contributed by atoms with Gasteiger partial charge in [0.25, 0.3) is 5.91 Å². The minimum absolute atomic E-state index is 0.143. The van der Waals surface area contributed by atoms with Gasteiger partial charge in [-0.1, -0.05) is 6.08 Å². The van der Waals surface area contributed by atoms with Gasteiger partial charge < -0.3 is 20.3 Å². The highest BCUT2D eigenvalue weighted by Gasteiger charge is 2.19. The van der Waals surface area contributed by atoms with Gasteiger partial charge in [-0.25, -0.2) is 14.4 Å². The molecule has 9 heteroatoms. The quantitative estimate of drug-likeness (QED) is 0.313. The van der Waals surface area contributed by atoms with Crippen LogP contribution < -0.4 is 5.32 Å². The van der Waals surface area contributed by atoms with Crippen LogP contribution in [0.15, 0.2) is 59.5 Å². The van der Waals surface area contributed by atoms with E-state index in [1.165, 1.54) is 30.0 Å². The molecule has 0 fully saturated rings. The predicted octanol–water partition coefficient (Wildman–Crippen LogP) is 3.55. The van der Waals surface area contributed by atoms with Gasteiger partial charge in [0.05, 0.1) is 23.3 Å². The SMILES string of the molecule is CCOC(=O)/C=C/CSc1ccc(NC(=O)c2ccc(C(=O)O)cc2C(=O)O)cc1. The Morgan fingerprint density at radius 3 is 2.30 bits per heavy atom. The first-order valence-corrected chi connectivity index (χ1v) is 9.78. The summed E-state index contributed by atoms with van der Waals surface area (Å²) in [6, 6.07) is 10.1. The van der Waals surface area contributed by atoms with Crippen LogP contribution in [-0.2, 0) is 9.53 Å². The molecule has 156 valence electrons. The van der Waals surface area contributed by atoms with Crippen molar-refractivity contribution in [3.8, 4) is 0 Å². The molecule has 0 radical (unpaired) electrons. The van der Waals surface area contributed by atoms with E-state index in [4.69, 9.17) is 9.84 Å². The first-order valence-electron chi connectivity index (χ1n) is 8.80. The fourth-order valence-electron chi connectivity index (χ4n) is 2.36. The summed E-state index contributed by atoms with van der Waals surface area (Å²) in [4.78, 5) is 47.0. The third-order valence-electron chi connectivity index (χ3n) is 3.74. The summed E-state index contributed by atoms with van der Waals surface area (Å²) in [5.74, 6) is -3.18. The van der Waals surface area contributed by atoms with Gasteiger partial charge in [-0.05, 0) is 49.4 Å². The minimum atomic E-state index is -1.40. The fourth-order valence-corrected chi connectivity index (χ4v) is 3.08. The smallest absolute Gasteiger partial charge is 0.336 e. The Labute approximate surface area is 176 Å². The summed E-state index contributed by atoms with van der Waals surface area (Å²) in [6.07, 6.45) is 3.05. The zero-order valence-corrected chi connectivity index (χ0v) is 16.8. The van der Waals surface area contributed by atoms with E-state index in [9.17, 15) is 24.3 Å². The lowest BCUT2D eigenvalue weighted by Gasteiger charge is -2.09. The molecule has 8 nitrogen and oxygen atoms in total. The number of esters is 1. The maximum absolute atomic E-state index is 12.5. The van der Waals surface area contributed by atoms with Crippen molar-refractivity contribution in [1.29, 1.82) is 0 Å². The third kappa shape index (κ3) is 6.49. The molecule has 0 unspecified atom stereocenters. The van der Waals surface area contributed by atoms with Crippen molar-refractivity contribution in [2.24, 2.45) is 0 Å². The van der Waals surface area contributed by atoms with Crippen LogP contribution in [0.2, 0.25) is 0 Å². The highest BCUT2D eigenvalue weighted by atomic mass is 32.2. The second-order valence-corrected chi connectivity index (χ2v) is 6.91. The maximum atomic E-state index is 12.5. The van der Waals surface area contributed by atoms with E-state index >= 15 is 0 Å². The van der Waals surface area contributed by atoms with Gasteiger partial charge >= 0.3 is 17.9 Å². The highest BCUT2D eigenvalue weighted by Crippen LogP contribution is 2.21. The Hall–Kier alpha value is -3.59. The Kier molecular flexibility index (Phi) is 8.18. The number of carboxylic acids is 2. The van der Waals surface area contributed by atoms with Crippen molar-refractivity contribution in [2.45, 2.75) is 11.8 Å². The van der Waals surface area contributed by atoms with Gasteiger partial charge in [0.2, 0.25) is 0 Å². The van der Waals surface area contributed by atoms with E-state index in [-0.39, 0.29) is 11.1 Å². The van der Waals surface area contributed by atoms with Gasteiger partial charge in [-0.2, -0.15) is 0 Å². The number of carboxylic acid groups (broad SMARTS) is 2. The summed E-state index contributed by atoms with van der Waals surface area (Å²) in [5.41, 5.74) is -0.310. The van der Waals surface area contributed by atoms with Crippen LogP contribution in [-0.4, -0.2) is 46.4 Å². The van der Waals surface area contributed by atoms with Gasteiger partial charge in [0, 0.05) is 22.4 Å². The number of carbonyl (C=O) groups excluding carboxylic acids is 2. The molecular formula is C21H19NO7S. The number of anilines is 1. The van der Waals surface area contributed by atoms with Crippen molar-refractivity contribution >= 4 is 41.3 Å². The molecule has 2 aromatic rings. The standard InChI is InChI=1S/C21H19NO7S/c1-2-29-18(23)4-3-11-30-15-8-6-14(7-9-15)22-19(24)16-10-5-13(20(25)26)12-17(16)21(27)28/h3-10,12H,2,11H2,1H3,(H,22,24)(H,25,26)(H,27,28)/b4-3+. The number of thioether (sulfide) groups is 1. The van der Waals surface area contributed by atoms with Crippen molar-refractivity contribution < 1.29 is 34.1 Å². The van der Waals surface area contributed by atoms with Gasteiger partial charge in [0.1, 0.15) is 0 Å². The number of hydrogen-bond acceptors (Lipinski definition) is 6. The number of amides is 1. The molecule has 0 atom stereocenters. The van der Waals surface area contributed by atoms with Crippen LogP contribution in [0.25, 0.3) is 0 Å². The Bertz CT molecular complexity index is 983. The molecule has 0 aliphatic carbocycles. The molecule has 30 heavy (non-hydrogen) atoms. The molecule has 3 N–H and O–H groups in total. The number of ether oxygens (including phenoxy) is 1. The van der Waals surface area contributed by atoms with Crippen LogP contribution in [0, 0.1) is 0 Å². The number of aromatic carboxylic acids is 2. The molecule has 0 aliphatic rings. The molecule has 2 rings (SSSR count).